The van der Waals surface area contributed by atoms with Crippen LogP contribution in [0.3, 0.4) is 0 Å². The van der Waals surface area contributed by atoms with E-state index in [0.717, 1.165) is 51.0 Å². The standard InChI is InChI=1S/C21H27FN2O2/c1-16-19(10-14-26-16)21(25)23(2)15-17-7-11-24(12-8-17)13-9-18-5-3-4-6-20(18)22/h3-6,10,14,17H,7-9,11-13,15H2,1-2H3. The van der Waals surface area contributed by atoms with E-state index in [9.17, 15) is 9.18 Å². The number of hydrogen-bond donors (Lipinski definition) is 0. The van der Waals surface area contributed by atoms with Crippen LogP contribution >= 0.6 is 0 Å². The molecule has 140 valence electrons. The lowest BCUT2D eigenvalue weighted by atomic mass is 9.95. The van der Waals surface area contributed by atoms with Crippen LogP contribution in [0.15, 0.2) is 41.0 Å². The van der Waals surface area contributed by atoms with Gasteiger partial charge in [0.15, 0.2) is 0 Å². The van der Waals surface area contributed by atoms with Crippen molar-refractivity contribution in [2.24, 2.45) is 5.92 Å². The molecule has 0 atom stereocenters. The quantitative estimate of drug-likeness (QED) is 0.789. The Balaban J connectivity index is 1.43. The number of piperidine rings is 1. The summed E-state index contributed by atoms with van der Waals surface area (Å²) in [6.45, 7) is 5.48. The maximum absolute atomic E-state index is 13.7. The molecule has 0 bridgehead atoms. The minimum Gasteiger partial charge on any atom is -0.469 e. The predicted octanol–water partition coefficient (Wildman–Crippen LogP) is 3.75. The number of benzene rings is 1. The summed E-state index contributed by atoms with van der Waals surface area (Å²) in [5.74, 6) is 1.10. The topological polar surface area (TPSA) is 36.7 Å². The second-order valence-corrected chi connectivity index (χ2v) is 7.20. The summed E-state index contributed by atoms with van der Waals surface area (Å²) in [5, 5.41) is 0. The Morgan fingerprint density at radius 2 is 2.00 bits per heavy atom. The zero-order chi connectivity index (χ0) is 18.5. The van der Waals surface area contributed by atoms with Crippen molar-refractivity contribution in [1.82, 2.24) is 9.80 Å². The van der Waals surface area contributed by atoms with Crippen LogP contribution in [0, 0.1) is 18.7 Å². The fourth-order valence-electron chi connectivity index (χ4n) is 3.65. The third kappa shape index (κ3) is 4.52. The normalized spacial score (nSPS) is 16.0. The molecule has 0 saturated carbocycles. The first kappa shape index (κ1) is 18.6. The number of nitrogens with zero attached hydrogens (tertiary/aromatic N) is 2. The number of amides is 1. The highest BCUT2D eigenvalue weighted by Crippen LogP contribution is 2.20. The van der Waals surface area contributed by atoms with Gasteiger partial charge in [0.05, 0.1) is 11.8 Å². The molecule has 1 fully saturated rings. The highest BCUT2D eigenvalue weighted by Gasteiger charge is 2.23. The number of carbonyl (C=O) groups is 1. The van der Waals surface area contributed by atoms with Crippen LogP contribution in [0.25, 0.3) is 0 Å². The lowest BCUT2D eigenvalue weighted by Gasteiger charge is -2.34. The summed E-state index contributed by atoms with van der Waals surface area (Å²) in [6, 6.07) is 8.74. The van der Waals surface area contributed by atoms with Crippen LogP contribution in [0.2, 0.25) is 0 Å². The lowest BCUT2D eigenvalue weighted by molar-refractivity contribution is 0.0738. The molecule has 1 saturated heterocycles. The van der Waals surface area contributed by atoms with Crippen molar-refractivity contribution < 1.29 is 13.6 Å². The van der Waals surface area contributed by atoms with Gasteiger partial charge >= 0.3 is 0 Å². The Hall–Kier alpha value is -2.14. The monoisotopic (exact) mass is 358 g/mol. The molecule has 0 aliphatic carbocycles. The van der Waals surface area contributed by atoms with Crippen molar-refractivity contribution in [2.45, 2.75) is 26.2 Å². The van der Waals surface area contributed by atoms with Gasteiger partial charge in [0.2, 0.25) is 0 Å². The van der Waals surface area contributed by atoms with E-state index in [2.05, 4.69) is 4.90 Å². The summed E-state index contributed by atoms with van der Waals surface area (Å²) in [6.07, 6.45) is 4.44. The zero-order valence-electron chi connectivity index (χ0n) is 15.6. The smallest absolute Gasteiger partial charge is 0.257 e. The van der Waals surface area contributed by atoms with E-state index in [4.69, 9.17) is 4.42 Å². The van der Waals surface area contributed by atoms with Crippen LogP contribution in [0.5, 0.6) is 0 Å². The van der Waals surface area contributed by atoms with E-state index in [1.165, 1.54) is 6.07 Å². The number of furan rings is 1. The van der Waals surface area contributed by atoms with Crippen molar-refractivity contribution in [3.05, 3.63) is 59.3 Å². The molecule has 0 N–H and O–H groups in total. The zero-order valence-corrected chi connectivity index (χ0v) is 15.6. The van der Waals surface area contributed by atoms with Gasteiger partial charge in [0, 0.05) is 20.1 Å². The van der Waals surface area contributed by atoms with E-state index in [-0.39, 0.29) is 11.7 Å². The maximum Gasteiger partial charge on any atom is 0.257 e. The fraction of sp³-hybridized carbons (Fsp3) is 0.476. The Morgan fingerprint density at radius 1 is 1.27 bits per heavy atom. The summed E-state index contributed by atoms with van der Waals surface area (Å²) in [4.78, 5) is 16.7. The van der Waals surface area contributed by atoms with Gasteiger partial charge in [-0.15, -0.1) is 0 Å². The molecule has 4 nitrogen and oxygen atoms in total. The Morgan fingerprint density at radius 3 is 2.65 bits per heavy atom. The van der Waals surface area contributed by atoms with Crippen molar-refractivity contribution in [3.8, 4) is 0 Å². The Labute approximate surface area is 154 Å². The lowest BCUT2D eigenvalue weighted by Crippen LogP contribution is -2.40. The van der Waals surface area contributed by atoms with Crippen molar-refractivity contribution >= 4 is 5.91 Å². The highest BCUT2D eigenvalue weighted by atomic mass is 19.1. The van der Waals surface area contributed by atoms with Gasteiger partial charge in [0.25, 0.3) is 5.91 Å². The fourth-order valence-corrected chi connectivity index (χ4v) is 3.65. The molecule has 2 heterocycles. The van der Waals surface area contributed by atoms with Crippen LogP contribution in [-0.4, -0.2) is 48.9 Å². The first-order chi connectivity index (χ1) is 12.5. The first-order valence-electron chi connectivity index (χ1n) is 9.30. The molecular formula is C21H27FN2O2. The Kier molecular flexibility index (Phi) is 6.09. The van der Waals surface area contributed by atoms with E-state index in [1.807, 2.05) is 26.1 Å². The van der Waals surface area contributed by atoms with Crippen LogP contribution in [0.4, 0.5) is 4.39 Å². The molecule has 2 aromatic rings. The van der Waals surface area contributed by atoms with Crippen LogP contribution in [0.1, 0.15) is 34.5 Å². The minimum atomic E-state index is -0.114. The third-order valence-corrected chi connectivity index (χ3v) is 5.33. The van der Waals surface area contributed by atoms with Gasteiger partial charge in [-0.3, -0.25) is 4.79 Å². The molecular weight excluding hydrogens is 331 g/mol. The molecule has 3 rings (SSSR count). The number of halogens is 1. The van der Waals surface area contributed by atoms with Crippen molar-refractivity contribution in [1.29, 1.82) is 0 Å². The van der Waals surface area contributed by atoms with E-state index < -0.39 is 0 Å². The molecule has 1 aliphatic rings. The molecule has 0 spiro atoms. The van der Waals surface area contributed by atoms with Gasteiger partial charge in [0.1, 0.15) is 11.6 Å². The van der Waals surface area contributed by atoms with E-state index in [0.29, 0.717) is 17.2 Å². The van der Waals surface area contributed by atoms with E-state index in [1.54, 1.807) is 23.3 Å². The minimum absolute atomic E-state index is 0.0261. The molecule has 5 heteroatoms. The summed E-state index contributed by atoms with van der Waals surface area (Å²) >= 11 is 0. The van der Waals surface area contributed by atoms with E-state index >= 15 is 0 Å². The van der Waals surface area contributed by atoms with Gasteiger partial charge < -0.3 is 14.2 Å². The van der Waals surface area contributed by atoms with Gasteiger partial charge in [-0.05, 0) is 62.9 Å². The average Bonchev–Trinajstić information content (AvgIpc) is 3.07. The number of hydrogen-bond acceptors (Lipinski definition) is 3. The van der Waals surface area contributed by atoms with Crippen LogP contribution in [-0.2, 0) is 6.42 Å². The van der Waals surface area contributed by atoms with Gasteiger partial charge in [-0.2, -0.15) is 0 Å². The number of rotatable bonds is 6. The van der Waals surface area contributed by atoms with Crippen molar-refractivity contribution in [3.63, 3.8) is 0 Å². The van der Waals surface area contributed by atoms with Crippen LogP contribution < -0.4 is 0 Å². The molecule has 26 heavy (non-hydrogen) atoms. The number of carbonyl (C=O) groups excluding carboxylic acids is 1. The predicted molar refractivity (Wildman–Crippen MR) is 99.7 cm³/mol. The molecule has 1 aromatic carbocycles. The van der Waals surface area contributed by atoms with Gasteiger partial charge in [-0.1, -0.05) is 18.2 Å². The second-order valence-electron chi connectivity index (χ2n) is 7.20. The SMILES string of the molecule is Cc1occc1C(=O)N(C)CC1CCN(CCc2ccccc2F)CC1. The first-order valence-corrected chi connectivity index (χ1v) is 9.30. The Bertz CT molecular complexity index is 735. The van der Waals surface area contributed by atoms with Gasteiger partial charge in [-0.25, -0.2) is 4.39 Å². The third-order valence-electron chi connectivity index (χ3n) is 5.33. The molecule has 1 aromatic heterocycles. The average molecular weight is 358 g/mol. The molecule has 1 aliphatic heterocycles. The van der Waals surface area contributed by atoms with Crippen molar-refractivity contribution in [2.75, 3.05) is 33.2 Å². The largest absolute Gasteiger partial charge is 0.469 e. The molecule has 1 amide bonds. The number of aryl methyl sites for hydroxylation is 1. The summed E-state index contributed by atoms with van der Waals surface area (Å²) in [5.41, 5.74) is 1.44. The second kappa shape index (κ2) is 8.49. The highest BCUT2D eigenvalue weighted by molar-refractivity contribution is 5.94. The molecule has 0 radical (unpaired) electrons. The molecule has 0 unspecified atom stereocenters. The summed E-state index contributed by atoms with van der Waals surface area (Å²) in [7, 11) is 1.86. The summed E-state index contributed by atoms with van der Waals surface area (Å²) < 4.78 is 18.9. The number of likely N-dealkylation sites (tertiary alicyclic amines) is 1. The maximum atomic E-state index is 13.7.